The van der Waals surface area contributed by atoms with Gasteiger partial charge in [-0.1, -0.05) is 6.07 Å². The summed E-state index contributed by atoms with van der Waals surface area (Å²) in [5.41, 5.74) is 6.91. The quantitative estimate of drug-likeness (QED) is 0.861. The van der Waals surface area contributed by atoms with E-state index in [1.54, 1.807) is 14.2 Å². The van der Waals surface area contributed by atoms with Crippen LogP contribution in [0.2, 0.25) is 0 Å². The van der Waals surface area contributed by atoms with E-state index in [1.165, 1.54) is 0 Å². The van der Waals surface area contributed by atoms with Gasteiger partial charge >= 0.3 is 0 Å². The van der Waals surface area contributed by atoms with Gasteiger partial charge in [0.15, 0.2) is 0 Å². The SMILES string of the molecule is COc1ccc(CN(C)CC(C)N)c(OC)c1.Cl. The molecule has 0 saturated heterocycles. The molecule has 1 aromatic rings. The molecule has 0 fully saturated rings. The molecule has 1 unspecified atom stereocenters. The molecule has 1 aromatic carbocycles. The summed E-state index contributed by atoms with van der Waals surface area (Å²) < 4.78 is 10.5. The monoisotopic (exact) mass is 274 g/mol. The van der Waals surface area contributed by atoms with Crippen molar-refractivity contribution >= 4 is 12.4 Å². The van der Waals surface area contributed by atoms with Crippen LogP contribution in [0.15, 0.2) is 18.2 Å². The lowest BCUT2D eigenvalue weighted by atomic mass is 10.1. The fraction of sp³-hybridized carbons (Fsp3) is 0.538. The van der Waals surface area contributed by atoms with Crippen LogP contribution in [-0.2, 0) is 6.54 Å². The smallest absolute Gasteiger partial charge is 0.127 e. The zero-order chi connectivity index (χ0) is 12.8. The van der Waals surface area contributed by atoms with Crippen LogP contribution in [0.1, 0.15) is 12.5 Å². The van der Waals surface area contributed by atoms with Crippen molar-refractivity contribution in [3.8, 4) is 11.5 Å². The molecule has 0 aliphatic rings. The van der Waals surface area contributed by atoms with Crippen molar-refractivity contribution in [2.75, 3.05) is 27.8 Å². The molecule has 0 aromatic heterocycles. The van der Waals surface area contributed by atoms with E-state index in [1.807, 2.05) is 32.2 Å². The lowest BCUT2D eigenvalue weighted by molar-refractivity contribution is 0.302. The zero-order valence-corrected chi connectivity index (χ0v) is 12.3. The normalized spacial score (nSPS) is 11.9. The average molecular weight is 275 g/mol. The van der Waals surface area contributed by atoms with Crippen LogP contribution in [0, 0.1) is 0 Å². The number of benzene rings is 1. The highest BCUT2D eigenvalue weighted by Gasteiger charge is 2.08. The molecule has 0 aliphatic carbocycles. The predicted molar refractivity (Wildman–Crippen MR) is 76.8 cm³/mol. The van der Waals surface area contributed by atoms with Crippen molar-refractivity contribution in [1.29, 1.82) is 0 Å². The molecule has 18 heavy (non-hydrogen) atoms. The Labute approximate surface area is 115 Å². The van der Waals surface area contributed by atoms with Gasteiger partial charge in [-0.15, -0.1) is 12.4 Å². The van der Waals surface area contributed by atoms with Crippen LogP contribution >= 0.6 is 12.4 Å². The Morgan fingerprint density at radius 1 is 1.28 bits per heavy atom. The zero-order valence-electron chi connectivity index (χ0n) is 11.5. The summed E-state index contributed by atoms with van der Waals surface area (Å²) >= 11 is 0. The number of ether oxygens (including phenoxy) is 2. The topological polar surface area (TPSA) is 47.7 Å². The fourth-order valence-corrected chi connectivity index (χ4v) is 1.83. The van der Waals surface area contributed by atoms with Crippen molar-refractivity contribution in [1.82, 2.24) is 4.90 Å². The van der Waals surface area contributed by atoms with E-state index in [0.717, 1.165) is 30.2 Å². The molecule has 0 spiro atoms. The Kier molecular flexibility index (Phi) is 7.75. The van der Waals surface area contributed by atoms with E-state index in [9.17, 15) is 0 Å². The minimum absolute atomic E-state index is 0. The molecule has 0 aliphatic heterocycles. The van der Waals surface area contributed by atoms with E-state index in [2.05, 4.69) is 4.90 Å². The highest BCUT2D eigenvalue weighted by atomic mass is 35.5. The fourth-order valence-electron chi connectivity index (χ4n) is 1.83. The molecule has 0 saturated carbocycles. The Hall–Kier alpha value is -0.970. The Morgan fingerprint density at radius 3 is 2.44 bits per heavy atom. The van der Waals surface area contributed by atoms with Gasteiger partial charge in [-0.25, -0.2) is 0 Å². The number of methoxy groups -OCH3 is 2. The van der Waals surface area contributed by atoms with Crippen LogP contribution < -0.4 is 15.2 Å². The summed E-state index contributed by atoms with van der Waals surface area (Å²) in [6.45, 7) is 3.67. The second-order valence-electron chi connectivity index (χ2n) is 4.35. The molecule has 1 rings (SSSR count). The van der Waals surface area contributed by atoms with Crippen LogP contribution in [-0.4, -0.2) is 38.8 Å². The highest BCUT2D eigenvalue weighted by molar-refractivity contribution is 5.85. The van der Waals surface area contributed by atoms with E-state index in [4.69, 9.17) is 15.2 Å². The summed E-state index contributed by atoms with van der Waals surface area (Å²) in [4.78, 5) is 2.18. The molecule has 0 bridgehead atoms. The first kappa shape index (κ1) is 17.0. The molecule has 104 valence electrons. The number of halogens is 1. The van der Waals surface area contributed by atoms with E-state index >= 15 is 0 Å². The van der Waals surface area contributed by atoms with E-state index in [0.29, 0.717) is 0 Å². The van der Waals surface area contributed by atoms with Gasteiger partial charge in [-0.2, -0.15) is 0 Å². The number of likely N-dealkylation sites (N-methyl/N-ethyl adjacent to an activating group) is 1. The van der Waals surface area contributed by atoms with Gasteiger partial charge in [0, 0.05) is 30.8 Å². The average Bonchev–Trinajstić information content (AvgIpc) is 2.28. The largest absolute Gasteiger partial charge is 0.497 e. The van der Waals surface area contributed by atoms with Gasteiger partial charge in [0.1, 0.15) is 11.5 Å². The lowest BCUT2D eigenvalue weighted by Crippen LogP contribution is -2.32. The standard InChI is InChI=1S/C13H22N2O2.ClH/c1-10(14)8-15(2)9-11-5-6-12(16-3)7-13(11)17-4;/h5-7,10H,8-9,14H2,1-4H3;1H. The lowest BCUT2D eigenvalue weighted by Gasteiger charge is -2.20. The number of nitrogens with zero attached hydrogens (tertiary/aromatic N) is 1. The Bertz CT molecular complexity index is 359. The maximum Gasteiger partial charge on any atom is 0.127 e. The Balaban J connectivity index is 0.00000289. The van der Waals surface area contributed by atoms with Gasteiger partial charge < -0.3 is 20.1 Å². The minimum atomic E-state index is 0. The maximum atomic E-state index is 5.77. The summed E-state index contributed by atoms with van der Waals surface area (Å²) in [6, 6.07) is 6.03. The molecule has 0 heterocycles. The second kappa shape index (κ2) is 8.19. The van der Waals surface area contributed by atoms with Gasteiger partial charge in [-0.3, -0.25) is 0 Å². The summed E-state index contributed by atoms with van der Waals surface area (Å²) in [7, 11) is 5.37. The third kappa shape index (κ3) is 5.12. The van der Waals surface area contributed by atoms with Gasteiger partial charge in [0.2, 0.25) is 0 Å². The van der Waals surface area contributed by atoms with Gasteiger partial charge in [0.25, 0.3) is 0 Å². The molecule has 4 nitrogen and oxygen atoms in total. The molecule has 1 atom stereocenters. The Morgan fingerprint density at radius 2 is 1.94 bits per heavy atom. The third-order valence-electron chi connectivity index (χ3n) is 2.53. The molecule has 0 amide bonds. The van der Waals surface area contributed by atoms with Crippen LogP contribution in [0.25, 0.3) is 0 Å². The summed E-state index contributed by atoms with van der Waals surface area (Å²) in [6.07, 6.45) is 0. The molecule has 2 N–H and O–H groups in total. The van der Waals surface area contributed by atoms with Gasteiger partial charge in [-0.05, 0) is 20.0 Å². The van der Waals surface area contributed by atoms with Crippen LogP contribution in [0.4, 0.5) is 0 Å². The number of hydrogen-bond acceptors (Lipinski definition) is 4. The van der Waals surface area contributed by atoms with Crippen LogP contribution in [0.3, 0.4) is 0 Å². The summed E-state index contributed by atoms with van der Waals surface area (Å²) in [5, 5.41) is 0. The van der Waals surface area contributed by atoms with Crippen LogP contribution in [0.5, 0.6) is 11.5 Å². The number of rotatable bonds is 6. The van der Waals surface area contributed by atoms with Gasteiger partial charge in [0.05, 0.1) is 14.2 Å². The third-order valence-corrected chi connectivity index (χ3v) is 2.53. The number of nitrogens with two attached hydrogens (primary N) is 1. The van der Waals surface area contributed by atoms with Crippen molar-refractivity contribution in [2.45, 2.75) is 19.5 Å². The maximum absolute atomic E-state index is 5.77. The van der Waals surface area contributed by atoms with Crippen molar-refractivity contribution < 1.29 is 9.47 Å². The highest BCUT2D eigenvalue weighted by Crippen LogP contribution is 2.25. The van der Waals surface area contributed by atoms with Crippen molar-refractivity contribution in [2.24, 2.45) is 5.73 Å². The molecular formula is C13H23ClN2O2. The first-order valence-corrected chi connectivity index (χ1v) is 5.71. The van der Waals surface area contributed by atoms with Crippen molar-refractivity contribution in [3.05, 3.63) is 23.8 Å². The number of hydrogen-bond donors (Lipinski definition) is 1. The molecule has 5 heteroatoms. The minimum Gasteiger partial charge on any atom is -0.497 e. The van der Waals surface area contributed by atoms with E-state index < -0.39 is 0 Å². The van der Waals surface area contributed by atoms with E-state index in [-0.39, 0.29) is 18.4 Å². The first-order valence-electron chi connectivity index (χ1n) is 5.71. The predicted octanol–water partition coefficient (Wildman–Crippen LogP) is 1.90. The second-order valence-corrected chi connectivity index (χ2v) is 4.35. The summed E-state index contributed by atoms with van der Waals surface area (Å²) in [5.74, 6) is 1.65. The molecule has 0 radical (unpaired) electrons. The molecular weight excluding hydrogens is 252 g/mol. The van der Waals surface area contributed by atoms with Crippen molar-refractivity contribution in [3.63, 3.8) is 0 Å². The first-order chi connectivity index (χ1) is 8.06.